The van der Waals surface area contributed by atoms with Crippen LogP contribution in [0, 0.1) is 0 Å². The third kappa shape index (κ3) is 3.14. The second-order valence-electron chi connectivity index (χ2n) is 3.59. The van der Waals surface area contributed by atoms with Crippen LogP contribution in [0.3, 0.4) is 0 Å². The van der Waals surface area contributed by atoms with Gasteiger partial charge in [-0.2, -0.15) is 0 Å². The van der Waals surface area contributed by atoms with E-state index < -0.39 is 0 Å². The molecule has 0 aliphatic heterocycles. The second kappa shape index (κ2) is 5.57. The number of pyridine rings is 1. The van der Waals surface area contributed by atoms with E-state index in [0.29, 0.717) is 6.04 Å². The van der Waals surface area contributed by atoms with Crippen LogP contribution >= 0.6 is 27.3 Å². The molecule has 0 saturated carbocycles. The van der Waals surface area contributed by atoms with E-state index in [-0.39, 0.29) is 0 Å². The van der Waals surface area contributed by atoms with Crippen LogP contribution in [0.5, 0.6) is 0 Å². The van der Waals surface area contributed by atoms with E-state index in [0.717, 1.165) is 16.7 Å². The summed E-state index contributed by atoms with van der Waals surface area (Å²) >= 11 is 5.15. The van der Waals surface area contributed by atoms with Crippen molar-refractivity contribution in [3.8, 4) is 0 Å². The van der Waals surface area contributed by atoms with Crippen molar-refractivity contribution in [3.63, 3.8) is 0 Å². The summed E-state index contributed by atoms with van der Waals surface area (Å²) in [5.74, 6) is 0. The van der Waals surface area contributed by atoms with E-state index in [1.807, 2.05) is 18.3 Å². The summed E-state index contributed by atoms with van der Waals surface area (Å²) < 4.78 is 1.02. The summed E-state index contributed by atoms with van der Waals surface area (Å²) in [6.45, 7) is 2.97. The zero-order chi connectivity index (χ0) is 11.4. The molecule has 0 aromatic carbocycles. The molecule has 0 unspecified atom stereocenters. The van der Waals surface area contributed by atoms with Crippen LogP contribution in [-0.2, 0) is 6.54 Å². The summed E-state index contributed by atoms with van der Waals surface area (Å²) in [5, 5.41) is 5.56. The van der Waals surface area contributed by atoms with E-state index in [1.165, 1.54) is 4.88 Å². The van der Waals surface area contributed by atoms with Crippen molar-refractivity contribution < 1.29 is 0 Å². The highest BCUT2D eigenvalue weighted by molar-refractivity contribution is 9.10. The lowest BCUT2D eigenvalue weighted by Crippen LogP contribution is -2.17. The number of hydrogen-bond donors (Lipinski definition) is 1. The van der Waals surface area contributed by atoms with E-state index >= 15 is 0 Å². The van der Waals surface area contributed by atoms with Crippen LogP contribution in [0.4, 0.5) is 0 Å². The Hall–Kier alpha value is -0.710. The van der Waals surface area contributed by atoms with E-state index in [1.54, 1.807) is 11.3 Å². The monoisotopic (exact) mass is 296 g/mol. The highest BCUT2D eigenvalue weighted by Gasteiger charge is 2.05. The maximum absolute atomic E-state index is 4.33. The molecular formula is C12H13BrN2S. The first-order valence-corrected chi connectivity index (χ1v) is 6.80. The minimum atomic E-state index is 0.380. The van der Waals surface area contributed by atoms with Crippen LogP contribution in [0.15, 0.2) is 40.3 Å². The van der Waals surface area contributed by atoms with Crippen molar-refractivity contribution in [1.82, 2.24) is 10.3 Å². The third-order valence-electron chi connectivity index (χ3n) is 2.35. The first-order valence-electron chi connectivity index (χ1n) is 5.13. The molecule has 0 aliphatic carbocycles. The molecule has 1 atom stereocenters. The van der Waals surface area contributed by atoms with Gasteiger partial charge in [-0.15, -0.1) is 11.3 Å². The number of halogens is 1. The lowest BCUT2D eigenvalue weighted by atomic mass is 10.2. The fraction of sp³-hybridized carbons (Fsp3) is 0.250. The molecule has 84 valence electrons. The molecule has 2 nitrogen and oxygen atoms in total. The number of nitrogens with zero attached hydrogens (tertiary/aromatic N) is 1. The van der Waals surface area contributed by atoms with Gasteiger partial charge in [-0.3, -0.25) is 4.98 Å². The van der Waals surface area contributed by atoms with Crippen molar-refractivity contribution in [1.29, 1.82) is 0 Å². The van der Waals surface area contributed by atoms with Gasteiger partial charge in [-0.1, -0.05) is 6.07 Å². The smallest absolute Gasteiger partial charge is 0.0542 e. The first-order chi connectivity index (χ1) is 7.75. The molecule has 0 fully saturated rings. The van der Waals surface area contributed by atoms with Gasteiger partial charge < -0.3 is 5.32 Å². The Balaban J connectivity index is 1.90. The Morgan fingerprint density at radius 2 is 2.31 bits per heavy atom. The summed E-state index contributed by atoms with van der Waals surface area (Å²) in [5.41, 5.74) is 1.06. The van der Waals surface area contributed by atoms with E-state index in [2.05, 4.69) is 50.7 Å². The quantitative estimate of drug-likeness (QED) is 0.929. The molecule has 0 amide bonds. The van der Waals surface area contributed by atoms with Gasteiger partial charge in [0.2, 0.25) is 0 Å². The van der Waals surface area contributed by atoms with Crippen LogP contribution in [0.2, 0.25) is 0 Å². The van der Waals surface area contributed by atoms with Crippen LogP contribution in [0.25, 0.3) is 0 Å². The Bertz CT molecular complexity index is 425. The zero-order valence-corrected chi connectivity index (χ0v) is 11.4. The molecule has 2 rings (SSSR count). The Kier molecular flexibility index (Phi) is 4.09. The van der Waals surface area contributed by atoms with Gasteiger partial charge in [0.15, 0.2) is 0 Å². The molecule has 0 aliphatic rings. The predicted octanol–water partition coefficient (Wildman–Crippen LogP) is 3.76. The molecule has 0 radical (unpaired) electrons. The molecule has 2 aromatic rings. The van der Waals surface area contributed by atoms with Crippen LogP contribution in [-0.4, -0.2) is 4.98 Å². The normalized spacial score (nSPS) is 12.6. The van der Waals surface area contributed by atoms with Crippen molar-refractivity contribution in [2.75, 3.05) is 0 Å². The Morgan fingerprint density at radius 3 is 2.94 bits per heavy atom. The van der Waals surface area contributed by atoms with Crippen molar-refractivity contribution >= 4 is 27.3 Å². The molecule has 0 saturated heterocycles. The maximum Gasteiger partial charge on any atom is 0.0542 e. The van der Waals surface area contributed by atoms with Gasteiger partial charge in [-0.05, 0) is 46.4 Å². The summed E-state index contributed by atoms with van der Waals surface area (Å²) in [6, 6.07) is 8.65. The summed E-state index contributed by atoms with van der Waals surface area (Å²) in [6.07, 6.45) is 1.83. The Morgan fingerprint density at radius 1 is 1.44 bits per heavy atom. The van der Waals surface area contributed by atoms with Gasteiger partial charge >= 0.3 is 0 Å². The second-order valence-corrected chi connectivity index (χ2v) is 5.48. The fourth-order valence-corrected chi connectivity index (χ4v) is 2.40. The largest absolute Gasteiger partial charge is 0.304 e. The average molecular weight is 297 g/mol. The predicted molar refractivity (Wildman–Crippen MR) is 71.5 cm³/mol. The van der Waals surface area contributed by atoms with Gasteiger partial charge in [0, 0.05) is 28.1 Å². The van der Waals surface area contributed by atoms with E-state index in [9.17, 15) is 0 Å². The topological polar surface area (TPSA) is 24.9 Å². The summed E-state index contributed by atoms with van der Waals surface area (Å²) in [4.78, 5) is 5.68. The highest BCUT2D eigenvalue weighted by Crippen LogP contribution is 2.18. The van der Waals surface area contributed by atoms with Gasteiger partial charge in [0.1, 0.15) is 0 Å². The molecule has 4 heteroatoms. The fourth-order valence-electron chi connectivity index (χ4n) is 1.41. The van der Waals surface area contributed by atoms with Crippen molar-refractivity contribution in [2.45, 2.75) is 19.5 Å². The van der Waals surface area contributed by atoms with Gasteiger partial charge in [0.05, 0.1) is 5.69 Å². The van der Waals surface area contributed by atoms with Crippen LogP contribution in [0.1, 0.15) is 23.5 Å². The first kappa shape index (κ1) is 11.8. The number of aromatic nitrogens is 1. The molecule has 0 bridgehead atoms. The Labute approximate surface area is 108 Å². The van der Waals surface area contributed by atoms with E-state index in [4.69, 9.17) is 0 Å². The molecular weight excluding hydrogens is 284 g/mol. The molecule has 1 N–H and O–H groups in total. The van der Waals surface area contributed by atoms with Crippen molar-refractivity contribution in [3.05, 3.63) is 50.9 Å². The average Bonchev–Trinajstić information content (AvgIpc) is 2.81. The molecule has 0 spiro atoms. The standard InChI is InChI=1S/C12H13BrN2S/c1-9(12-3-2-6-16-12)14-8-11-5-4-10(13)7-15-11/h2-7,9,14H,8H2,1H3/t9-/m1/s1. The third-order valence-corrected chi connectivity index (χ3v) is 3.87. The van der Waals surface area contributed by atoms with Gasteiger partial charge in [-0.25, -0.2) is 0 Å². The lowest BCUT2D eigenvalue weighted by Gasteiger charge is -2.11. The number of thiophene rings is 1. The molecule has 2 heterocycles. The lowest BCUT2D eigenvalue weighted by molar-refractivity contribution is 0.575. The number of nitrogens with one attached hydrogen (secondary N) is 1. The van der Waals surface area contributed by atoms with Gasteiger partial charge in [0.25, 0.3) is 0 Å². The van der Waals surface area contributed by atoms with Crippen LogP contribution < -0.4 is 5.32 Å². The SMILES string of the molecule is C[C@@H](NCc1ccc(Br)cn1)c1cccs1. The number of rotatable bonds is 4. The maximum atomic E-state index is 4.33. The van der Waals surface area contributed by atoms with Crippen molar-refractivity contribution in [2.24, 2.45) is 0 Å². The minimum absolute atomic E-state index is 0.380. The molecule has 2 aromatic heterocycles. The highest BCUT2D eigenvalue weighted by atomic mass is 79.9. The number of hydrogen-bond acceptors (Lipinski definition) is 3. The zero-order valence-electron chi connectivity index (χ0n) is 8.98. The molecule has 16 heavy (non-hydrogen) atoms. The minimum Gasteiger partial charge on any atom is -0.304 e. The summed E-state index contributed by atoms with van der Waals surface area (Å²) in [7, 11) is 0.